The van der Waals surface area contributed by atoms with Gasteiger partial charge in [0, 0.05) is 25.2 Å². The van der Waals surface area contributed by atoms with Crippen LogP contribution >= 0.6 is 11.8 Å². The summed E-state index contributed by atoms with van der Waals surface area (Å²) in [4.78, 5) is 38.0. The number of hydrogen-bond acceptors (Lipinski definition) is 6. The van der Waals surface area contributed by atoms with Gasteiger partial charge in [0.05, 0.1) is 16.7 Å². The predicted molar refractivity (Wildman–Crippen MR) is 137 cm³/mol. The molecule has 0 radical (unpaired) electrons. The van der Waals surface area contributed by atoms with E-state index in [1.807, 2.05) is 45.0 Å². The number of hydrogen-bond donors (Lipinski definition) is 2. The van der Waals surface area contributed by atoms with E-state index >= 15 is 0 Å². The fourth-order valence-corrected chi connectivity index (χ4v) is 4.36. The van der Waals surface area contributed by atoms with Crippen molar-refractivity contribution in [2.24, 2.45) is 7.05 Å². The van der Waals surface area contributed by atoms with Crippen molar-refractivity contribution >= 4 is 40.3 Å². The van der Waals surface area contributed by atoms with Crippen molar-refractivity contribution in [1.82, 2.24) is 29.8 Å². The zero-order valence-electron chi connectivity index (χ0n) is 20.2. The first-order valence-electron chi connectivity index (χ1n) is 11.4. The molecule has 1 unspecified atom stereocenters. The number of fused-ring (bicyclic) bond motifs is 3. The van der Waals surface area contributed by atoms with Crippen molar-refractivity contribution in [2.75, 3.05) is 5.75 Å². The first-order chi connectivity index (χ1) is 16.8. The molecule has 182 valence electrons. The molecule has 0 spiro atoms. The highest BCUT2D eigenvalue weighted by atomic mass is 32.2. The van der Waals surface area contributed by atoms with Gasteiger partial charge >= 0.3 is 0 Å². The molecule has 1 atom stereocenters. The van der Waals surface area contributed by atoms with Gasteiger partial charge in [-0.1, -0.05) is 48.5 Å². The second-order valence-corrected chi connectivity index (χ2v) is 9.49. The molecular weight excluding hydrogens is 464 g/mol. The van der Waals surface area contributed by atoms with E-state index < -0.39 is 0 Å². The summed E-state index contributed by atoms with van der Waals surface area (Å²) in [5.74, 6) is 0.109. The number of benzene rings is 2. The fourth-order valence-electron chi connectivity index (χ4n) is 3.59. The summed E-state index contributed by atoms with van der Waals surface area (Å²) in [6.45, 7) is 6.39. The van der Waals surface area contributed by atoms with E-state index in [0.717, 1.165) is 17.5 Å². The van der Waals surface area contributed by atoms with Crippen molar-refractivity contribution in [3.8, 4) is 0 Å². The minimum Gasteiger partial charge on any atom is -0.351 e. The minimum atomic E-state index is -0.235. The molecule has 2 aromatic heterocycles. The maximum absolute atomic E-state index is 12.9. The molecule has 0 aliphatic carbocycles. The first-order valence-corrected chi connectivity index (χ1v) is 12.4. The van der Waals surface area contributed by atoms with Crippen LogP contribution in [-0.2, 0) is 18.4 Å². The number of aryl methyl sites for hydroxylation is 2. The maximum Gasteiger partial charge on any atom is 0.262 e. The van der Waals surface area contributed by atoms with Crippen molar-refractivity contribution in [3.63, 3.8) is 0 Å². The van der Waals surface area contributed by atoms with Crippen LogP contribution < -0.4 is 16.2 Å². The Morgan fingerprint density at radius 3 is 2.57 bits per heavy atom. The SMILES string of the molecule is CCC(C)NC(=O)c1ccc2c(=O)n(C)c3nnc(SCC(=O)NCc4ccc(C)cc4)n3c2c1. The Balaban J connectivity index is 1.60. The minimum absolute atomic E-state index is 0.0290. The molecule has 35 heavy (non-hydrogen) atoms. The number of nitrogens with zero attached hydrogens (tertiary/aromatic N) is 4. The molecule has 2 aromatic carbocycles. The van der Waals surface area contributed by atoms with Crippen LogP contribution in [0.2, 0.25) is 0 Å². The second kappa shape index (κ2) is 10.3. The van der Waals surface area contributed by atoms with Crippen LogP contribution in [0.5, 0.6) is 0 Å². The average molecular weight is 493 g/mol. The number of amides is 2. The Kier molecular flexibility index (Phi) is 7.20. The molecule has 2 heterocycles. The number of rotatable bonds is 8. The van der Waals surface area contributed by atoms with Gasteiger partial charge in [-0.3, -0.25) is 23.4 Å². The zero-order valence-corrected chi connectivity index (χ0v) is 21.0. The Morgan fingerprint density at radius 1 is 1.11 bits per heavy atom. The topological polar surface area (TPSA) is 110 Å². The van der Waals surface area contributed by atoms with Crippen molar-refractivity contribution in [2.45, 2.75) is 44.9 Å². The van der Waals surface area contributed by atoms with Crippen LogP contribution in [-0.4, -0.2) is 42.8 Å². The Bertz CT molecular complexity index is 1460. The quantitative estimate of drug-likeness (QED) is 0.366. The molecule has 4 aromatic rings. The van der Waals surface area contributed by atoms with Crippen LogP contribution in [0.3, 0.4) is 0 Å². The number of nitrogens with one attached hydrogen (secondary N) is 2. The van der Waals surface area contributed by atoms with Crippen LogP contribution in [0.25, 0.3) is 16.7 Å². The van der Waals surface area contributed by atoms with Gasteiger partial charge in [-0.25, -0.2) is 0 Å². The highest BCUT2D eigenvalue weighted by molar-refractivity contribution is 7.99. The van der Waals surface area contributed by atoms with Crippen molar-refractivity contribution < 1.29 is 9.59 Å². The molecule has 2 amide bonds. The summed E-state index contributed by atoms with van der Waals surface area (Å²) in [6.07, 6.45) is 0.808. The van der Waals surface area contributed by atoms with E-state index in [1.54, 1.807) is 29.6 Å². The lowest BCUT2D eigenvalue weighted by Crippen LogP contribution is -2.32. The zero-order chi connectivity index (χ0) is 25.1. The number of carbonyl (C=O) groups excluding carboxylic acids is 2. The second-order valence-electron chi connectivity index (χ2n) is 8.55. The lowest BCUT2D eigenvalue weighted by Gasteiger charge is -2.13. The van der Waals surface area contributed by atoms with E-state index in [9.17, 15) is 14.4 Å². The molecular formula is C25H28N6O3S. The molecule has 0 saturated heterocycles. The summed E-state index contributed by atoms with van der Waals surface area (Å²) >= 11 is 1.22. The van der Waals surface area contributed by atoms with Gasteiger partial charge in [-0.2, -0.15) is 0 Å². The van der Waals surface area contributed by atoms with E-state index in [4.69, 9.17) is 0 Å². The fraction of sp³-hybridized carbons (Fsp3) is 0.320. The number of thioether (sulfide) groups is 1. The smallest absolute Gasteiger partial charge is 0.262 e. The standard InChI is InChI=1S/C25H28N6O3S/c1-5-16(3)27-22(33)18-10-11-19-20(12-18)31-24(30(4)23(19)34)28-29-25(31)35-14-21(32)26-13-17-8-6-15(2)7-9-17/h6-12,16H,5,13-14H2,1-4H3,(H,26,32)(H,27,33). The molecule has 0 fully saturated rings. The van der Waals surface area contributed by atoms with Gasteiger partial charge in [0.15, 0.2) is 5.16 Å². The first kappa shape index (κ1) is 24.5. The lowest BCUT2D eigenvalue weighted by atomic mass is 10.1. The van der Waals surface area contributed by atoms with E-state index in [0.29, 0.717) is 33.9 Å². The Morgan fingerprint density at radius 2 is 1.86 bits per heavy atom. The van der Waals surface area contributed by atoms with Crippen molar-refractivity contribution in [3.05, 3.63) is 69.5 Å². The van der Waals surface area contributed by atoms with Gasteiger partial charge < -0.3 is 10.6 Å². The van der Waals surface area contributed by atoms with Gasteiger partial charge in [-0.05, 0) is 44.0 Å². The Hall–Kier alpha value is -3.66. The molecule has 9 nitrogen and oxygen atoms in total. The predicted octanol–water partition coefficient (Wildman–Crippen LogP) is 2.83. The molecule has 0 aliphatic rings. The Labute approximate surface area is 206 Å². The third-order valence-electron chi connectivity index (χ3n) is 5.88. The van der Waals surface area contributed by atoms with Crippen LogP contribution in [0.4, 0.5) is 0 Å². The van der Waals surface area contributed by atoms with Gasteiger partial charge in [0.1, 0.15) is 0 Å². The lowest BCUT2D eigenvalue weighted by molar-refractivity contribution is -0.118. The molecule has 4 rings (SSSR count). The van der Waals surface area contributed by atoms with Crippen molar-refractivity contribution in [1.29, 1.82) is 0 Å². The van der Waals surface area contributed by atoms with Gasteiger partial charge in [0.25, 0.3) is 11.5 Å². The normalized spacial score (nSPS) is 12.1. The van der Waals surface area contributed by atoms with E-state index in [-0.39, 0.29) is 29.2 Å². The van der Waals surface area contributed by atoms with Gasteiger partial charge in [0.2, 0.25) is 11.7 Å². The maximum atomic E-state index is 12.9. The molecule has 0 bridgehead atoms. The average Bonchev–Trinajstić information content (AvgIpc) is 3.29. The van der Waals surface area contributed by atoms with Crippen LogP contribution in [0.15, 0.2) is 52.4 Å². The van der Waals surface area contributed by atoms with Crippen LogP contribution in [0, 0.1) is 6.92 Å². The van der Waals surface area contributed by atoms with Gasteiger partial charge in [-0.15, -0.1) is 10.2 Å². The highest BCUT2D eigenvalue weighted by Crippen LogP contribution is 2.22. The largest absolute Gasteiger partial charge is 0.351 e. The molecule has 0 saturated carbocycles. The highest BCUT2D eigenvalue weighted by Gasteiger charge is 2.18. The summed E-state index contributed by atoms with van der Waals surface area (Å²) in [5.41, 5.74) is 2.91. The number of carbonyl (C=O) groups is 2. The third-order valence-corrected chi connectivity index (χ3v) is 6.81. The van der Waals surface area contributed by atoms with E-state index in [2.05, 4.69) is 20.8 Å². The monoisotopic (exact) mass is 492 g/mol. The van der Waals surface area contributed by atoms with Crippen LogP contribution in [0.1, 0.15) is 41.8 Å². The summed E-state index contributed by atoms with van der Waals surface area (Å²) in [6, 6.07) is 13.0. The summed E-state index contributed by atoms with van der Waals surface area (Å²) in [5, 5.41) is 15.1. The summed E-state index contributed by atoms with van der Waals surface area (Å²) < 4.78 is 3.13. The van der Waals surface area contributed by atoms with E-state index in [1.165, 1.54) is 16.3 Å². The molecule has 10 heteroatoms. The summed E-state index contributed by atoms with van der Waals surface area (Å²) in [7, 11) is 1.62. The molecule has 0 aliphatic heterocycles. The third kappa shape index (κ3) is 5.22. The number of aromatic nitrogens is 4. The molecule has 2 N–H and O–H groups in total.